The number of ether oxygens (including phenoxy) is 1. The van der Waals surface area contributed by atoms with E-state index in [0.29, 0.717) is 5.56 Å². The summed E-state index contributed by atoms with van der Waals surface area (Å²) >= 11 is 1.19. The minimum absolute atomic E-state index is 0.0685. The molecule has 0 radical (unpaired) electrons. The summed E-state index contributed by atoms with van der Waals surface area (Å²) in [6, 6.07) is 0. The van der Waals surface area contributed by atoms with E-state index < -0.39 is 16.0 Å². The standard InChI is InChI=1S/C12H15N3O4S2/c1-4-19-12(16)10-7(2)8(3)20-11(10)15-21(17,18)9-5-13-6-14-9/h5-6,15H,4H2,1-3H3,(H,13,14). The minimum Gasteiger partial charge on any atom is -0.462 e. The van der Waals surface area contributed by atoms with Crippen LogP contribution in [-0.2, 0) is 14.8 Å². The fourth-order valence-corrected chi connectivity index (χ4v) is 3.97. The van der Waals surface area contributed by atoms with Crippen molar-refractivity contribution in [2.45, 2.75) is 25.8 Å². The topological polar surface area (TPSA) is 101 Å². The van der Waals surface area contributed by atoms with E-state index in [-0.39, 0.29) is 22.2 Å². The molecule has 2 aromatic heterocycles. The van der Waals surface area contributed by atoms with E-state index in [1.165, 1.54) is 23.9 Å². The molecule has 9 heteroatoms. The maximum atomic E-state index is 12.2. The zero-order valence-corrected chi connectivity index (χ0v) is 13.4. The van der Waals surface area contributed by atoms with E-state index >= 15 is 0 Å². The molecule has 0 aliphatic heterocycles. The van der Waals surface area contributed by atoms with Crippen molar-refractivity contribution in [3.05, 3.63) is 28.5 Å². The van der Waals surface area contributed by atoms with Gasteiger partial charge >= 0.3 is 5.97 Å². The molecule has 0 unspecified atom stereocenters. The number of carbonyl (C=O) groups excluding carboxylic acids is 1. The van der Waals surface area contributed by atoms with Crippen molar-refractivity contribution in [3.8, 4) is 0 Å². The third kappa shape index (κ3) is 3.08. The predicted molar refractivity (Wildman–Crippen MR) is 79.1 cm³/mol. The summed E-state index contributed by atoms with van der Waals surface area (Å²) in [5.74, 6) is -0.540. The van der Waals surface area contributed by atoms with Gasteiger partial charge in [-0.25, -0.2) is 9.78 Å². The Kier molecular flexibility index (Phi) is 4.33. The molecule has 0 aromatic carbocycles. The summed E-state index contributed by atoms with van der Waals surface area (Å²) in [4.78, 5) is 19.0. The molecule has 0 amide bonds. The summed E-state index contributed by atoms with van der Waals surface area (Å²) in [6.45, 7) is 5.49. The van der Waals surface area contributed by atoms with Gasteiger partial charge in [-0.05, 0) is 26.3 Å². The quantitative estimate of drug-likeness (QED) is 0.818. The Balaban J connectivity index is 2.41. The van der Waals surface area contributed by atoms with Gasteiger partial charge in [0, 0.05) is 4.88 Å². The minimum atomic E-state index is -3.81. The highest BCUT2D eigenvalue weighted by Crippen LogP contribution is 2.34. The van der Waals surface area contributed by atoms with Crippen LogP contribution in [0.15, 0.2) is 17.6 Å². The van der Waals surface area contributed by atoms with Gasteiger partial charge in [-0.2, -0.15) is 8.42 Å². The maximum absolute atomic E-state index is 12.2. The van der Waals surface area contributed by atoms with Gasteiger partial charge in [0.2, 0.25) is 0 Å². The normalized spacial score (nSPS) is 11.4. The number of anilines is 1. The summed E-state index contributed by atoms with van der Waals surface area (Å²) in [6.07, 6.45) is 2.46. The second-order valence-corrected chi connectivity index (χ2v) is 7.10. The highest BCUT2D eigenvalue weighted by Gasteiger charge is 2.25. The van der Waals surface area contributed by atoms with Gasteiger partial charge in [0.25, 0.3) is 10.0 Å². The lowest BCUT2D eigenvalue weighted by Crippen LogP contribution is -2.15. The molecule has 0 aliphatic rings. The van der Waals surface area contributed by atoms with Crippen molar-refractivity contribution in [3.63, 3.8) is 0 Å². The van der Waals surface area contributed by atoms with Crippen LogP contribution in [0.4, 0.5) is 5.00 Å². The van der Waals surface area contributed by atoms with Crippen molar-refractivity contribution in [2.75, 3.05) is 11.3 Å². The van der Waals surface area contributed by atoms with E-state index in [0.717, 1.165) is 4.88 Å². The third-order valence-electron chi connectivity index (χ3n) is 2.85. The molecule has 0 saturated heterocycles. The Morgan fingerprint density at radius 1 is 1.48 bits per heavy atom. The molecule has 0 fully saturated rings. The number of carbonyl (C=O) groups is 1. The van der Waals surface area contributed by atoms with Crippen molar-refractivity contribution in [1.82, 2.24) is 9.97 Å². The van der Waals surface area contributed by atoms with Crippen LogP contribution in [-0.4, -0.2) is 31.0 Å². The first-order chi connectivity index (χ1) is 9.86. The molecule has 0 atom stereocenters. The van der Waals surface area contributed by atoms with Gasteiger partial charge < -0.3 is 9.72 Å². The number of nitrogens with one attached hydrogen (secondary N) is 2. The third-order valence-corrected chi connectivity index (χ3v) is 5.38. The van der Waals surface area contributed by atoms with Gasteiger partial charge in [-0.15, -0.1) is 11.3 Å². The highest BCUT2D eigenvalue weighted by molar-refractivity contribution is 7.92. The first-order valence-electron chi connectivity index (χ1n) is 6.15. The number of sulfonamides is 1. The predicted octanol–water partition coefficient (Wildman–Crippen LogP) is 2.07. The Morgan fingerprint density at radius 3 is 2.76 bits per heavy atom. The Hall–Kier alpha value is -1.87. The Morgan fingerprint density at radius 2 is 2.19 bits per heavy atom. The van der Waals surface area contributed by atoms with Crippen molar-refractivity contribution in [2.24, 2.45) is 0 Å². The zero-order chi connectivity index (χ0) is 15.6. The van der Waals surface area contributed by atoms with Crippen LogP contribution in [0, 0.1) is 13.8 Å². The molecule has 114 valence electrons. The Bertz CT molecular complexity index is 748. The second kappa shape index (κ2) is 5.86. The van der Waals surface area contributed by atoms with E-state index in [9.17, 15) is 13.2 Å². The molecule has 2 heterocycles. The zero-order valence-electron chi connectivity index (χ0n) is 11.8. The summed E-state index contributed by atoms with van der Waals surface area (Å²) in [7, 11) is -3.81. The lowest BCUT2D eigenvalue weighted by molar-refractivity contribution is 0.0527. The molecule has 2 N–H and O–H groups in total. The van der Waals surface area contributed by atoms with Crippen molar-refractivity contribution in [1.29, 1.82) is 0 Å². The number of nitrogens with zero attached hydrogens (tertiary/aromatic N) is 1. The number of aromatic amines is 1. The first kappa shape index (κ1) is 15.5. The monoisotopic (exact) mass is 329 g/mol. The van der Waals surface area contributed by atoms with Crippen LogP contribution in [0.2, 0.25) is 0 Å². The molecule has 0 aliphatic carbocycles. The number of aromatic nitrogens is 2. The van der Waals surface area contributed by atoms with Crippen molar-refractivity contribution < 1.29 is 17.9 Å². The summed E-state index contributed by atoms with van der Waals surface area (Å²) in [5.41, 5.74) is 0.961. The van der Waals surface area contributed by atoms with E-state index in [1.807, 2.05) is 6.92 Å². The van der Waals surface area contributed by atoms with E-state index in [1.54, 1.807) is 13.8 Å². The molecule has 0 bridgehead atoms. The van der Waals surface area contributed by atoms with Crippen LogP contribution in [0.5, 0.6) is 0 Å². The van der Waals surface area contributed by atoms with Crippen LogP contribution in [0.1, 0.15) is 27.7 Å². The molecule has 0 saturated carbocycles. The number of esters is 1. The molecule has 21 heavy (non-hydrogen) atoms. The van der Waals surface area contributed by atoms with E-state index in [4.69, 9.17) is 4.74 Å². The SMILES string of the molecule is CCOC(=O)c1c(NS(=O)(=O)c2cnc[nH]2)sc(C)c1C. The number of imidazole rings is 1. The van der Waals surface area contributed by atoms with Crippen molar-refractivity contribution >= 4 is 32.3 Å². The van der Waals surface area contributed by atoms with E-state index in [2.05, 4.69) is 14.7 Å². The number of H-pyrrole nitrogens is 1. The first-order valence-corrected chi connectivity index (χ1v) is 8.45. The largest absolute Gasteiger partial charge is 0.462 e. The number of hydrogen-bond acceptors (Lipinski definition) is 6. The average molecular weight is 329 g/mol. The number of rotatable bonds is 5. The van der Waals surface area contributed by atoms with Crippen LogP contribution < -0.4 is 4.72 Å². The number of aryl methyl sites for hydroxylation is 1. The second-order valence-electron chi connectivity index (χ2n) is 4.23. The molecule has 2 aromatic rings. The average Bonchev–Trinajstić information content (AvgIpc) is 3.00. The lowest BCUT2D eigenvalue weighted by atomic mass is 10.2. The molecule has 7 nitrogen and oxygen atoms in total. The van der Waals surface area contributed by atoms with Gasteiger partial charge in [-0.1, -0.05) is 0 Å². The summed E-state index contributed by atoms with van der Waals surface area (Å²) in [5, 5.41) is 0.180. The van der Waals surface area contributed by atoms with Gasteiger partial charge in [0.1, 0.15) is 5.00 Å². The number of hydrogen-bond donors (Lipinski definition) is 2. The van der Waals surface area contributed by atoms with Crippen LogP contribution >= 0.6 is 11.3 Å². The fourth-order valence-electron chi connectivity index (χ4n) is 1.72. The van der Waals surface area contributed by atoms with Crippen LogP contribution in [0.3, 0.4) is 0 Å². The van der Waals surface area contributed by atoms with Crippen LogP contribution in [0.25, 0.3) is 0 Å². The number of thiophene rings is 1. The molecule has 2 rings (SSSR count). The van der Waals surface area contributed by atoms with Gasteiger partial charge in [0.05, 0.1) is 24.7 Å². The van der Waals surface area contributed by atoms with Gasteiger partial charge in [0.15, 0.2) is 5.03 Å². The molecule has 0 spiro atoms. The maximum Gasteiger partial charge on any atom is 0.341 e. The summed E-state index contributed by atoms with van der Waals surface area (Å²) < 4.78 is 31.8. The molecular formula is C12H15N3O4S2. The van der Waals surface area contributed by atoms with Gasteiger partial charge in [-0.3, -0.25) is 4.72 Å². The Labute approximate surface area is 126 Å². The highest BCUT2D eigenvalue weighted by atomic mass is 32.2. The molecular weight excluding hydrogens is 314 g/mol. The smallest absolute Gasteiger partial charge is 0.341 e. The fraction of sp³-hybridized carbons (Fsp3) is 0.333. The lowest BCUT2D eigenvalue weighted by Gasteiger charge is -2.07.